The van der Waals surface area contributed by atoms with Gasteiger partial charge in [0.15, 0.2) is 0 Å². The summed E-state index contributed by atoms with van der Waals surface area (Å²) in [7, 11) is 0. The molecule has 0 bridgehead atoms. The first-order chi connectivity index (χ1) is 15.2. The van der Waals surface area contributed by atoms with E-state index >= 15 is 0 Å². The number of hydrogen-bond donors (Lipinski definition) is 1. The highest BCUT2D eigenvalue weighted by Gasteiger charge is 2.24. The van der Waals surface area contributed by atoms with Crippen LogP contribution in [0.5, 0.6) is 0 Å². The van der Waals surface area contributed by atoms with Crippen molar-refractivity contribution in [3.8, 4) is 17.2 Å². The standard InChI is InChI=1S/C23H21N5OS2/c24-10-15-4-1-2-5-16(15)11-28-22(29)21-20(19(14-31-21)17-7-9-30-13-17)26-23(28)27-8-3-6-18(25)12-27/h1-2,4-5,7,9,13-14,18H,3,6,8,11-12,25H2/t18-/m1/s1. The number of thiophene rings is 2. The molecular formula is C23H21N5OS2. The van der Waals surface area contributed by atoms with E-state index in [0.29, 0.717) is 29.3 Å². The van der Waals surface area contributed by atoms with E-state index in [1.165, 1.54) is 11.3 Å². The molecule has 1 aliphatic heterocycles. The zero-order valence-corrected chi connectivity index (χ0v) is 18.5. The molecule has 156 valence electrons. The molecule has 0 spiro atoms. The number of rotatable bonds is 4. The normalized spacial score (nSPS) is 16.5. The number of nitrogens with two attached hydrogens (primary N) is 1. The number of nitriles is 1. The van der Waals surface area contributed by atoms with Crippen molar-refractivity contribution in [2.45, 2.75) is 25.4 Å². The number of fused-ring (bicyclic) bond motifs is 1. The molecule has 0 aliphatic carbocycles. The summed E-state index contributed by atoms with van der Waals surface area (Å²) in [6.45, 7) is 1.78. The van der Waals surface area contributed by atoms with Gasteiger partial charge in [0, 0.05) is 30.1 Å². The minimum absolute atomic E-state index is 0.0556. The average molecular weight is 448 g/mol. The lowest BCUT2D eigenvalue weighted by molar-refractivity contribution is 0.492. The summed E-state index contributed by atoms with van der Waals surface area (Å²) in [4.78, 5) is 20.8. The monoisotopic (exact) mass is 447 g/mol. The van der Waals surface area contributed by atoms with E-state index in [4.69, 9.17) is 10.7 Å². The van der Waals surface area contributed by atoms with Crippen molar-refractivity contribution in [3.63, 3.8) is 0 Å². The van der Waals surface area contributed by atoms with Gasteiger partial charge in [-0.2, -0.15) is 16.6 Å². The Balaban J connectivity index is 1.71. The summed E-state index contributed by atoms with van der Waals surface area (Å²) in [6.07, 6.45) is 1.93. The second kappa shape index (κ2) is 8.27. The van der Waals surface area contributed by atoms with Crippen LogP contribution in [-0.2, 0) is 6.54 Å². The Morgan fingerprint density at radius 1 is 1.26 bits per heavy atom. The predicted octanol–water partition coefficient (Wildman–Crippen LogP) is 4.03. The Labute approximate surface area is 187 Å². The summed E-state index contributed by atoms with van der Waals surface area (Å²) >= 11 is 3.06. The molecule has 0 saturated carbocycles. The molecule has 31 heavy (non-hydrogen) atoms. The highest BCUT2D eigenvalue weighted by Crippen LogP contribution is 2.34. The summed E-state index contributed by atoms with van der Waals surface area (Å²) in [5.74, 6) is 0.635. The van der Waals surface area contributed by atoms with Gasteiger partial charge >= 0.3 is 0 Å². The number of piperidine rings is 1. The van der Waals surface area contributed by atoms with E-state index in [1.807, 2.05) is 29.0 Å². The van der Waals surface area contributed by atoms with E-state index in [9.17, 15) is 10.1 Å². The van der Waals surface area contributed by atoms with E-state index in [2.05, 4.69) is 22.4 Å². The number of nitrogens with zero attached hydrogens (tertiary/aromatic N) is 4. The third-order valence-electron chi connectivity index (χ3n) is 5.70. The van der Waals surface area contributed by atoms with Crippen LogP contribution in [0.1, 0.15) is 24.0 Å². The largest absolute Gasteiger partial charge is 0.341 e. The van der Waals surface area contributed by atoms with Gasteiger partial charge in [-0.15, -0.1) is 11.3 Å². The molecule has 0 unspecified atom stereocenters. The lowest BCUT2D eigenvalue weighted by Gasteiger charge is -2.33. The summed E-state index contributed by atoms with van der Waals surface area (Å²) in [5.41, 5.74) is 10.4. The molecule has 1 atom stereocenters. The van der Waals surface area contributed by atoms with Gasteiger partial charge in [-0.1, -0.05) is 18.2 Å². The third kappa shape index (κ3) is 3.65. The van der Waals surface area contributed by atoms with Gasteiger partial charge in [0.05, 0.1) is 23.7 Å². The van der Waals surface area contributed by atoms with Gasteiger partial charge in [-0.05, 0) is 46.9 Å². The van der Waals surface area contributed by atoms with E-state index in [0.717, 1.165) is 41.6 Å². The van der Waals surface area contributed by atoms with Gasteiger partial charge in [0.25, 0.3) is 5.56 Å². The molecule has 2 N–H and O–H groups in total. The van der Waals surface area contributed by atoms with Crippen LogP contribution in [-0.4, -0.2) is 28.7 Å². The van der Waals surface area contributed by atoms with Gasteiger partial charge in [0.2, 0.25) is 5.95 Å². The van der Waals surface area contributed by atoms with Crippen LogP contribution >= 0.6 is 22.7 Å². The number of aromatic nitrogens is 2. The summed E-state index contributed by atoms with van der Waals surface area (Å²) in [5, 5.41) is 15.6. The fourth-order valence-corrected chi connectivity index (χ4v) is 5.74. The molecule has 8 heteroatoms. The average Bonchev–Trinajstić information content (AvgIpc) is 3.45. The van der Waals surface area contributed by atoms with Crippen molar-refractivity contribution < 1.29 is 0 Å². The molecular weight excluding hydrogens is 426 g/mol. The van der Waals surface area contributed by atoms with Crippen LogP contribution in [0.2, 0.25) is 0 Å². The molecule has 1 aromatic carbocycles. The lowest BCUT2D eigenvalue weighted by Crippen LogP contribution is -2.45. The second-order valence-corrected chi connectivity index (χ2v) is 9.42. The first-order valence-electron chi connectivity index (χ1n) is 10.2. The highest BCUT2D eigenvalue weighted by molar-refractivity contribution is 7.17. The number of hydrogen-bond acceptors (Lipinski definition) is 7. The fraction of sp³-hybridized carbons (Fsp3) is 0.261. The van der Waals surface area contributed by atoms with Crippen molar-refractivity contribution in [3.05, 3.63) is 68.0 Å². The number of benzene rings is 1. The van der Waals surface area contributed by atoms with Crippen molar-refractivity contribution in [2.24, 2.45) is 5.73 Å². The Hall–Kier alpha value is -2.99. The molecule has 0 radical (unpaired) electrons. The SMILES string of the molecule is N#Cc1ccccc1Cn1c(N2CCC[C@@H](N)C2)nc2c(-c3ccsc3)csc2c1=O. The Morgan fingerprint density at radius 3 is 2.90 bits per heavy atom. The highest BCUT2D eigenvalue weighted by atomic mass is 32.1. The quantitative estimate of drug-likeness (QED) is 0.510. The topological polar surface area (TPSA) is 87.9 Å². The predicted molar refractivity (Wildman–Crippen MR) is 127 cm³/mol. The minimum Gasteiger partial charge on any atom is -0.341 e. The minimum atomic E-state index is -0.0710. The van der Waals surface area contributed by atoms with Crippen molar-refractivity contribution in [1.82, 2.24) is 9.55 Å². The molecule has 4 heterocycles. The van der Waals surface area contributed by atoms with E-state index in [1.54, 1.807) is 22.0 Å². The third-order valence-corrected chi connectivity index (χ3v) is 7.34. The molecule has 5 rings (SSSR count). The fourth-order valence-electron chi connectivity index (χ4n) is 4.12. The van der Waals surface area contributed by atoms with Crippen molar-refractivity contribution in [2.75, 3.05) is 18.0 Å². The van der Waals surface area contributed by atoms with Crippen LogP contribution in [0.15, 0.2) is 51.3 Å². The second-order valence-electron chi connectivity index (χ2n) is 7.76. The molecule has 1 aliphatic rings. The Morgan fingerprint density at radius 2 is 2.13 bits per heavy atom. The zero-order chi connectivity index (χ0) is 21.4. The first-order valence-corrected chi connectivity index (χ1v) is 12.0. The summed E-state index contributed by atoms with van der Waals surface area (Å²) in [6, 6.07) is 11.7. The van der Waals surface area contributed by atoms with Gasteiger partial charge in [0.1, 0.15) is 4.70 Å². The first kappa shape index (κ1) is 19.9. The zero-order valence-electron chi connectivity index (χ0n) is 16.8. The van der Waals surface area contributed by atoms with Crippen LogP contribution in [0.4, 0.5) is 5.95 Å². The lowest BCUT2D eigenvalue weighted by atomic mass is 10.1. The maximum absolute atomic E-state index is 13.7. The van der Waals surface area contributed by atoms with Gasteiger partial charge in [-0.25, -0.2) is 4.98 Å². The van der Waals surface area contributed by atoms with Crippen LogP contribution in [0.25, 0.3) is 21.3 Å². The van der Waals surface area contributed by atoms with Gasteiger partial charge in [-0.3, -0.25) is 9.36 Å². The molecule has 0 amide bonds. The Kier molecular flexibility index (Phi) is 5.32. The van der Waals surface area contributed by atoms with E-state index in [-0.39, 0.29) is 11.6 Å². The van der Waals surface area contributed by atoms with Crippen LogP contribution in [0, 0.1) is 11.3 Å². The van der Waals surface area contributed by atoms with Crippen molar-refractivity contribution in [1.29, 1.82) is 5.26 Å². The van der Waals surface area contributed by atoms with Crippen LogP contribution in [0.3, 0.4) is 0 Å². The van der Waals surface area contributed by atoms with Crippen molar-refractivity contribution >= 4 is 38.8 Å². The molecule has 4 aromatic rings. The van der Waals surface area contributed by atoms with E-state index < -0.39 is 0 Å². The number of anilines is 1. The van der Waals surface area contributed by atoms with Crippen LogP contribution < -0.4 is 16.2 Å². The molecule has 3 aromatic heterocycles. The maximum Gasteiger partial charge on any atom is 0.273 e. The summed E-state index contributed by atoms with van der Waals surface area (Å²) < 4.78 is 2.35. The smallest absolute Gasteiger partial charge is 0.273 e. The molecule has 1 saturated heterocycles. The Bertz CT molecular complexity index is 1330. The molecule has 1 fully saturated rings. The molecule has 6 nitrogen and oxygen atoms in total. The maximum atomic E-state index is 13.7. The van der Waals surface area contributed by atoms with Gasteiger partial charge < -0.3 is 10.6 Å².